The number of amides is 3. The van der Waals surface area contributed by atoms with Crippen molar-refractivity contribution in [2.24, 2.45) is 0 Å². The summed E-state index contributed by atoms with van der Waals surface area (Å²) < 4.78 is 10.5. The molecule has 1 aliphatic rings. The number of likely N-dealkylation sites (tertiary alicyclic amines) is 1. The molecule has 31 heavy (non-hydrogen) atoms. The number of nitrogens with zero attached hydrogens (tertiary/aromatic N) is 1. The molecule has 8 nitrogen and oxygen atoms in total. The molecule has 2 N–H and O–H groups in total. The molecule has 0 saturated carbocycles. The Bertz CT molecular complexity index is 769. The summed E-state index contributed by atoms with van der Waals surface area (Å²) in [6.45, 7) is 5.23. The summed E-state index contributed by atoms with van der Waals surface area (Å²) in [6.07, 6.45) is 1.16. The second-order valence-electron chi connectivity index (χ2n) is 7.26. The van der Waals surface area contributed by atoms with E-state index in [4.69, 9.17) is 32.7 Å². The van der Waals surface area contributed by atoms with Crippen molar-refractivity contribution >= 4 is 41.1 Å². The first kappa shape index (κ1) is 25.1. The molecule has 1 saturated heterocycles. The predicted molar refractivity (Wildman–Crippen MR) is 119 cm³/mol. The first-order chi connectivity index (χ1) is 14.8. The molecule has 0 spiro atoms. The lowest BCUT2D eigenvalue weighted by molar-refractivity contribution is -0.127. The molecule has 0 aliphatic carbocycles. The van der Waals surface area contributed by atoms with Gasteiger partial charge in [0.15, 0.2) is 6.10 Å². The van der Waals surface area contributed by atoms with Crippen molar-refractivity contribution in [3.8, 4) is 5.75 Å². The zero-order chi connectivity index (χ0) is 22.8. The van der Waals surface area contributed by atoms with Crippen LogP contribution in [0.25, 0.3) is 0 Å². The highest BCUT2D eigenvalue weighted by Gasteiger charge is 2.24. The van der Waals surface area contributed by atoms with Crippen molar-refractivity contribution in [3.63, 3.8) is 0 Å². The van der Waals surface area contributed by atoms with Gasteiger partial charge in [0.2, 0.25) is 5.91 Å². The van der Waals surface area contributed by atoms with E-state index in [-0.39, 0.29) is 23.9 Å². The van der Waals surface area contributed by atoms with Crippen LogP contribution in [0.15, 0.2) is 18.2 Å². The van der Waals surface area contributed by atoms with E-state index in [1.165, 1.54) is 0 Å². The minimum atomic E-state index is -0.739. The molecule has 1 fully saturated rings. The molecule has 0 radical (unpaired) electrons. The van der Waals surface area contributed by atoms with Gasteiger partial charge < -0.3 is 25.0 Å². The van der Waals surface area contributed by atoms with Crippen LogP contribution >= 0.6 is 23.2 Å². The fourth-order valence-corrected chi connectivity index (χ4v) is 3.59. The molecule has 1 atom stereocenters. The van der Waals surface area contributed by atoms with Gasteiger partial charge in [-0.1, -0.05) is 23.2 Å². The molecule has 2 rings (SSSR count). The van der Waals surface area contributed by atoms with Gasteiger partial charge in [0.1, 0.15) is 5.75 Å². The maximum atomic E-state index is 12.2. The van der Waals surface area contributed by atoms with Crippen LogP contribution in [-0.2, 0) is 14.3 Å². The van der Waals surface area contributed by atoms with Crippen molar-refractivity contribution in [1.82, 2.24) is 15.5 Å². The Morgan fingerprint density at radius 2 is 1.94 bits per heavy atom. The SMILES string of the molecule is CCOC(=O)N1CCC(NC(=O)CCCNC(=O)C(C)Oc2ccc(Cl)cc2Cl)CC1. The summed E-state index contributed by atoms with van der Waals surface area (Å²) in [5, 5.41) is 6.55. The molecule has 1 heterocycles. The number of hydrogen-bond donors (Lipinski definition) is 2. The van der Waals surface area contributed by atoms with Crippen LogP contribution in [0.3, 0.4) is 0 Å². The largest absolute Gasteiger partial charge is 0.479 e. The Kier molecular flexibility index (Phi) is 10.2. The van der Waals surface area contributed by atoms with Crippen molar-refractivity contribution in [1.29, 1.82) is 0 Å². The molecule has 3 amide bonds. The third-order valence-corrected chi connectivity index (χ3v) is 5.36. The fraction of sp³-hybridized carbons (Fsp3) is 0.571. The standard InChI is InChI=1S/C21H29Cl2N3O5/c1-3-30-21(29)26-11-8-16(9-12-26)25-19(27)5-4-10-24-20(28)14(2)31-18-7-6-15(22)13-17(18)23/h6-7,13-14,16H,3-5,8-12H2,1-2H3,(H,24,28)(H,25,27). The summed E-state index contributed by atoms with van der Waals surface area (Å²) >= 11 is 11.9. The molecule has 0 aromatic heterocycles. The molecule has 10 heteroatoms. The van der Waals surface area contributed by atoms with Gasteiger partial charge in [0.05, 0.1) is 11.6 Å². The molecular weight excluding hydrogens is 445 g/mol. The van der Waals surface area contributed by atoms with Crippen LogP contribution < -0.4 is 15.4 Å². The van der Waals surface area contributed by atoms with Gasteiger partial charge in [-0.25, -0.2) is 4.79 Å². The topological polar surface area (TPSA) is 97.0 Å². The summed E-state index contributed by atoms with van der Waals surface area (Å²) in [5.41, 5.74) is 0. The van der Waals surface area contributed by atoms with Gasteiger partial charge in [-0.2, -0.15) is 0 Å². The maximum absolute atomic E-state index is 12.2. The third kappa shape index (κ3) is 8.45. The van der Waals surface area contributed by atoms with Crippen LogP contribution in [0, 0.1) is 0 Å². The predicted octanol–water partition coefficient (Wildman–Crippen LogP) is 3.39. The van der Waals surface area contributed by atoms with E-state index in [0.29, 0.717) is 67.7 Å². The Morgan fingerprint density at radius 3 is 2.58 bits per heavy atom. The van der Waals surface area contributed by atoms with Crippen LogP contribution in [0.2, 0.25) is 10.0 Å². The highest BCUT2D eigenvalue weighted by atomic mass is 35.5. The van der Waals surface area contributed by atoms with Crippen molar-refractivity contribution in [2.45, 2.75) is 51.7 Å². The number of hydrogen-bond acceptors (Lipinski definition) is 5. The average molecular weight is 474 g/mol. The Morgan fingerprint density at radius 1 is 1.23 bits per heavy atom. The normalized spacial score (nSPS) is 15.2. The summed E-state index contributed by atoms with van der Waals surface area (Å²) in [6, 6.07) is 4.83. The number of benzene rings is 1. The van der Waals surface area contributed by atoms with Gasteiger partial charge in [-0.3, -0.25) is 9.59 Å². The molecule has 1 aromatic carbocycles. The van der Waals surface area contributed by atoms with E-state index < -0.39 is 6.10 Å². The minimum Gasteiger partial charge on any atom is -0.479 e. The van der Waals surface area contributed by atoms with Gasteiger partial charge in [-0.15, -0.1) is 0 Å². The van der Waals surface area contributed by atoms with Gasteiger partial charge in [0, 0.05) is 37.1 Å². The number of rotatable bonds is 9. The Labute approximate surface area is 192 Å². The van der Waals surface area contributed by atoms with Crippen molar-refractivity contribution < 1.29 is 23.9 Å². The van der Waals surface area contributed by atoms with Crippen molar-refractivity contribution in [2.75, 3.05) is 26.2 Å². The fourth-order valence-electron chi connectivity index (χ4n) is 3.14. The molecule has 0 bridgehead atoms. The maximum Gasteiger partial charge on any atom is 0.409 e. The quantitative estimate of drug-likeness (QED) is 0.535. The van der Waals surface area contributed by atoms with E-state index in [1.807, 2.05) is 0 Å². The second kappa shape index (κ2) is 12.6. The summed E-state index contributed by atoms with van der Waals surface area (Å²) in [4.78, 5) is 37.7. The van der Waals surface area contributed by atoms with Crippen LogP contribution in [0.1, 0.15) is 39.5 Å². The summed E-state index contributed by atoms with van der Waals surface area (Å²) in [7, 11) is 0. The van der Waals surface area contributed by atoms with E-state index >= 15 is 0 Å². The smallest absolute Gasteiger partial charge is 0.409 e. The molecule has 1 aromatic rings. The first-order valence-electron chi connectivity index (χ1n) is 10.4. The number of carbonyl (C=O) groups is 3. The van der Waals surface area contributed by atoms with Gasteiger partial charge in [-0.05, 0) is 51.3 Å². The highest BCUT2D eigenvalue weighted by Crippen LogP contribution is 2.28. The lowest BCUT2D eigenvalue weighted by atomic mass is 10.1. The summed E-state index contributed by atoms with van der Waals surface area (Å²) in [5.74, 6) is 0.0148. The zero-order valence-corrected chi connectivity index (χ0v) is 19.3. The molecule has 1 unspecified atom stereocenters. The third-order valence-electron chi connectivity index (χ3n) is 4.83. The van der Waals surface area contributed by atoms with Crippen molar-refractivity contribution in [3.05, 3.63) is 28.2 Å². The minimum absolute atomic E-state index is 0.0466. The molecule has 172 valence electrons. The van der Waals surface area contributed by atoms with E-state index in [2.05, 4.69) is 10.6 Å². The number of carbonyl (C=O) groups excluding carboxylic acids is 3. The lowest BCUT2D eigenvalue weighted by Crippen LogP contribution is -2.46. The number of piperidine rings is 1. The molecular formula is C21H29Cl2N3O5. The van der Waals surface area contributed by atoms with Crippen LogP contribution in [0.5, 0.6) is 5.75 Å². The number of halogens is 2. The number of nitrogens with one attached hydrogen (secondary N) is 2. The second-order valence-corrected chi connectivity index (χ2v) is 8.10. The first-order valence-corrected chi connectivity index (χ1v) is 11.2. The molecule has 1 aliphatic heterocycles. The van der Waals surface area contributed by atoms with E-state index in [1.54, 1.807) is 36.9 Å². The monoisotopic (exact) mass is 473 g/mol. The van der Waals surface area contributed by atoms with E-state index in [0.717, 1.165) is 0 Å². The number of ether oxygens (including phenoxy) is 2. The van der Waals surface area contributed by atoms with Crippen LogP contribution in [0.4, 0.5) is 4.79 Å². The van der Waals surface area contributed by atoms with Crippen LogP contribution in [-0.4, -0.2) is 61.2 Å². The highest BCUT2D eigenvalue weighted by molar-refractivity contribution is 6.35. The van der Waals surface area contributed by atoms with Gasteiger partial charge >= 0.3 is 6.09 Å². The zero-order valence-electron chi connectivity index (χ0n) is 17.8. The Balaban J connectivity index is 1.61. The van der Waals surface area contributed by atoms with E-state index in [9.17, 15) is 14.4 Å². The van der Waals surface area contributed by atoms with Gasteiger partial charge in [0.25, 0.3) is 5.91 Å². The average Bonchev–Trinajstić information content (AvgIpc) is 2.73. The lowest BCUT2D eigenvalue weighted by Gasteiger charge is -2.31. The Hall–Kier alpha value is -2.19.